The van der Waals surface area contributed by atoms with Crippen molar-refractivity contribution in [3.63, 3.8) is 0 Å². The van der Waals surface area contributed by atoms with Gasteiger partial charge in [0, 0.05) is 24.3 Å². The van der Waals surface area contributed by atoms with Crippen LogP contribution in [0.1, 0.15) is 56.5 Å². The van der Waals surface area contributed by atoms with Gasteiger partial charge in [-0.15, -0.1) is 0 Å². The van der Waals surface area contributed by atoms with Crippen LogP contribution < -0.4 is 5.32 Å². The number of nitrogens with zero attached hydrogens (tertiary/aromatic N) is 2. The van der Waals surface area contributed by atoms with E-state index in [0.717, 1.165) is 24.7 Å². The first kappa shape index (κ1) is 16.5. The highest BCUT2D eigenvalue weighted by Crippen LogP contribution is 2.45. The number of rotatable bonds is 8. The van der Waals surface area contributed by atoms with Gasteiger partial charge in [0.15, 0.2) is 0 Å². The molecule has 2 rings (SSSR count). The highest BCUT2D eigenvalue weighted by molar-refractivity contribution is 5.24. The van der Waals surface area contributed by atoms with Crippen LogP contribution in [0, 0.1) is 25.2 Å². The summed E-state index contributed by atoms with van der Waals surface area (Å²) < 4.78 is 1.92. The molecule has 0 amide bonds. The molecule has 1 saturated carbocycles. The van der Waals surface area contributed by atoms with E-state index in [1.54, 1.807) is 0 Å². The third kappa shape index (κ3) is 3.86. The van der Waals surface area contributed by atoms with Crippen molar-refractivity contribution >= 4 is 0 Å². The molecule has 0 bridgehead atoms. The average Bonchev–Trinajstić information content (AvgIpc) is 2.63. The van der Waals surface area contributed by atoms with Crippen LogP contribution in [0.15, 0.2) is 0 Å². The van der Waals surface area contributed by atoms with Crippen LogP contribution in [0.5, 0.6) is 0 Å². The molecule has 1 aliphatic carbocycles. The topological polar surface area (TPSA) is 50.1 Å². The predicted octanol–water partition coefficient (Wildman–Crippen LogP) is 2.80. The second kappa shape index (κ2) is 6.93. The van der Waals surface area contributed by atoms with E-state index in [1.165, 1.54) is 36.9 Å². The largest absolute Gasteiger partial charge is 0.394 e. The van der Waals surface area contributed by atoms with Crippen molar-refractivity contribution in [1.82, 2.24) is 15.1 Å². The first-order valence-electron chi connectivity index (χ1n) is 8.32. The minimum absolute atomic E-state index is 0.145. The third-order valence-corrected chi connectivity index (χ3v) is 4.90. The molecule has 1 aromatic heterocycles. The lowest BCUT2D eigenvalue weighted by Gasteiger charge is -2.43. The molecule has 0 saturated heterocycles. The van der Waals surface area contributed by atoms with Gasteiger partial charge in [0.2, 0.25) is 0 Å². The summed E-state index contributed by atoms with van der Waals surface area (Å²) in [5.74, 6) is 0.780. The summed E-state index contributed by atoms with van der Waals surface area (Å²) in [4.78, 5) is 0. The average molecular weight is 293 g/mol. The Kier molecular flexibility index (Phi) is 5.44. The van der Waals surface area contributed by atoms with Gasteiger partial charge >= 0.3 is 0 Å². The first-order valence-corrected chi connectivity index (χ1v) is 8.32. The van der Waals surface area contributed by atoms with Gasteiger partial charge in [0.1, 0.15) is 0 Å². The van der Waals surface area contributed by atoms with E-state index in [1.807, 2.05) is 4.68 Å². The molecular formula is C17H31N3O. The van der Waals surface area contributed by atoms with Crippen LogP contribution in [0.2, 0.25) is 0 Å². The van der Waals surface area contributed by atoms with Gasteiger partial charge in [0.05, 0.1) is 18.8 Å². The molecule has 21 heavy (non-hydrogen) atoms. The van der Waals surface area contributed by atoms with E-state index in [0.29, 0.717) is 12.0 Å². The van der Waals surface area contributed by atoms with Gasteiger partial charge in [0.25, 0.3) is 0 Å². The molecule has 0 radical (unpaired) electrons. The van der Waals surface area contributed by atoms with E-state index >= 15 is 0 Å². The lowest BCUT2D eigenvalue weighted by molar-refractivity contribution is 0.0979. The van der Waals surface area contributed by atoms with Crippen LogP contribution in [-0.2, 0) is 13.1 Å². The number of aliphatic hydroxyl groups excluding tert-OH is 1. The molecule has 4 heteroatoms. The molecule has 0 aliphatic heterocycles. The second-order valence-electron chi connectivity index (χ2n) is 7.15. The minimum Gasteiger partial charge on any atom is -0.394 e. The van der Waals surface area contributed by atoms with Crippen molar-refractivity contribution in [2.45, 2.75) is 66.5 Å². The van der Waals surface area contributed by atoms with Crippen LogP contribution in [-0.4, -0.2) is 28.0 Å². The highest BCUT2D eigenvalue weighted by atomic mass is 16.3. The Morgan fingerprint density at radius 1 is 1.33 bits per heavy atom. The zero-order valence-electron chi connectivity index (χ0n) is 14.1. The maximum atomic E-state index is 9.07. The summed E-state index contributed by atoms with van der Waals surface area (Å²) in [6, 6.07) is 0. The van der Waals surface area contributed by atoms with Crippen molar-refractivity contribution in [3.05, 3.63) is 17.0 Å². The summed E-state index contributed by atoms with van der Waals surface area (Å²) in [7, 11) is 0. The lowest BCUT2D eigenvalue weighted by atomic mass is 9.64. The van der Waals surface area contributed by atoms with Crippen LogP contribution in [0.4, 0.5) is 0 Å². The van der Waals surface area contributed by atoms with Crippen molar-refractivity contribution < 1.29 is 5.11 Å². The second-order valence-corrected chi connectivity index (χ2v) is 7.15. The number of aromatic nitrogens is 2. The Labute approximate surface area is 128 Å². The van der Waals surface area contributed by atoms with Crippen LogP contribution >= 0.6 is 0 Å². The molecule has 1 fully saturated rings. The number of hydrogen-bond donors (Lipinski definition) is 2. The Morgan fingerprint density at radius 3 is 2.57 bits per heavy atom. The normalized spacial score (nSPS) is 17.2. The van der Waals surface area contributed by atoms with E-state index in [9.17, 15) is 0 Å². The molecule has 120 valence electrons. The highest BCUT2D eigenvalue weighted by Gasteiger charge is 2.36. The maximum absolute atomic E-state index is 9.07. The quantitative estimate of drug-likeness (QED) is 0.775. The van der Waals surface area contributed by atoms with Crippen LogP contribution in [0.25, 0.3) is 0 Å². The summed E-state index contributed by atoms with van der Waals surface area (Å²) in [5, 5.41) is 17.3. The smallest absolute Gasteiger partial charge is 0.0644 e. The Balaban J connectivity index is 1.91. The molecule has 1 aliphatic rings. The molecule has 0 aromatic carbocycles. The van der Waals surface area contributed by atoms with Crippen molar-refractivity contribution in [3.8, 4) is 0 Å². The standard InChI is InChI=1S/C17H31N3O/c1-13(2)10-17(6-5-7-17)12-18-11-16-14(3)19-20(8-9-21)15(16)4/h13,18,21H,5-12H2,1-4H3. The van der Waals surface area contributed by atoms with E-state index in [2.05, 4.69) is 38.1 Å². The van der Waals surface area contributed by atoms with Crippen molar-refractivity contribution in [1.29, 1.82) is 0 Å². The zero-order valence-corrected chi connectivity index (χ0v) is 14.1. The van der Waals surface area contributed by atoms with Crippen LogP contribution in [0.3, 0.4) is 0 Å². The molecule has 2 N–H and O–H groups in total. The number of hydrogen-bond acceptors (Lipinski definition) is 3. The monoisotopic (exact) mass is 293 g/mol. The Bertz CT molecular complexity index is 461. The fourth-order valence-corrected chi connectivity index (χ4v) is 3.75. The number of aliphatic hydroxyl groups is 1. The number of aryl methyl sites for hydroxylation is 1. The predicted molar refractivity (Wildman–Crippen MR) is 86.2 cm³/mol. The summed E-state index contributed by atoms with van der Waals surface area (Å²) in [5.41, 5.74) is 4.10. The SMILES string of the molecule is Cc1nn(CCO)c(C)c1CNCC1(CC(C)C)CCC1. The molecule has 1 aromatic rings. The first-order chi connectivity index (χ1) is 9.97. The molecule has 0 atom stereocenters. The lowest BCUT2D eigenvalue weighted by Crippen LogP contribution is -2.40. The summed E-state index contributed by atoms with van der Waals surface area (Å²) >= 11 is 0. The molecular weight excluding hydrogens is 262 g/mol. The molecule has 0 spiro atoms. The fraction of sp³-hybridized carbons (Fsp3) is 0.824. The zero-order chi connectivity index (χ0) is 15.5. The van der Waals surface area contributed by atoms with Gasteiger partial charge in [-0.05, 0) is 44.4 Å². The summed E-state index contributed by atoms with van der Waals surface area (Å²) in [6.45, 7) is 11.6. The van der Waals surface area contributed by atoms with E-state index in [4.69, 9.17) is 5.11 Å². The van der Waals surface area contributed by atoms with Crippen molar-refractivity contribution in [2.75, 3.05) is 13.2 Å². The van der Waals surface area contributed by atoms with Gasteiger partial charge in [-0.1, -0.05) is 20.3 Å². The fourth-order valence-electron chi connectivity index (χ4n) is 3.75. The third-order valence-electron chi connectivity index (χ3n) is 4.90. The minimum atomic E-state index is 0.145. The summed E-state index contributed by atoms with van der Waals surface area (Å²) in [6.07, 6.45) is 5.47. The number of nitrogens with one attached hydrogen (secondary N) is 1. The van der Waals surface area contributed by atoms with E-state index in [-0.39, 0.29) is 6.61 Å². The molecule has 4 nitrogen and oxygen atoms in total. The van der Waals surface area contributed by atoms with Gasteiger partial charge in [-0.3, -0.25) is 4.68 Å². The van der Waals surface area contributed by atoms with Crippen molar-refractivity contribution in [2.24, 2.45) is 11.3 Å². The van der Waals surface area contributed by atoms with E-state index < -0.39 is 0 Å². The molecule has 1 heterocycles. The van der Waals surface area contributed by atoms with Gasteiger partial charge < -0.3 is 10.4 Å². The Morgan fingerprint density at radius 2 is 2.05 bits per heavy atom. The molecule has 0 unspecified atom stereocenters. The van der Waals surface area contributed by atoms with Gasteiger partial charge in [-0.2, -0.15) is 5.10 Å². The van der Waals surface area contributed by atoms with Gasteiger partial charge in [-0.25, -0.2) is 0 Å². The maximum Gasteiger partial charge on any atom is 0.0644 e. The Hall–Kier alpha value is -0.870.